The van der Waals surface area contributed by atoms with Crippen LogP contribution in [0.4, 0.5) is 33.6 Å². The van der Waals surface area contributed by atoms with E-state index in [0.717, 1.165) is 35.5 Å². The standard InChI is InChI=1S/C29H37N9O4/c1-18-22(15-31-26-25(18)38(11-12-41-26)28(40)42-29(2,3)4)37-10-9-19-13-32-27(34-21(19)16-37)33-20-7-8-23(30-14-20)35-24(39)17-36(5)6/h7-8,13-15H,9-12,16-17H2,1-6H3,(H,30,35,39)(H,32,33,34). The summed E-state index contributed by atoms with van der Waals surface area (Å²) in [5.41, 5.74) is 4.50. The first-order valence-corrected chi connectivity index (χ1v) is 13.9. The second-order valence-electron chi connectivity index (χ2n) is 11.6. The highest BCUT2D eigenvalue weighted by Crippen LogP contribution is 2.39. The van der Waals surface area contributed by atoms with Crippen LogP contribution in [-0.4, -0.2) is 82.8 Å². The van der Waals surface area contributed by atoms with E-state index in [9.17, 15) is 9.59 Å². The van der Waals surface area contributed by atoms with Crippen LogP contribution in [0, 0.1) is 6.92 Å². The molecular weight excluding hydrogens is 538 g/mol. The third-order valence-electron chi connectivity index (χ3n) is 6.72. The fraction of sp³-hybridized carbons (Fsp3) is 0.448. The number of anilines is 5. The average Bonchev–Trinajstić information content (AvgIpc) is 2.92. The zero-order valence-corrected chi connectivity index (χ0v) is 24.9. The summed E-state index contributed by atoms with van der Waals surface area (Å²) in [6, 6.07) is 3.54. The third-order valence-corrected chi connectivity index (χ3v) is 6.72. The molecule has 0 bridgehead atoms. The highest BCUT2D eigenvalue weighted by molar-refractivity contribution is 5.93. The highest BCUT2D eigenvalue weighted by Gasteiger charge is 2.32. The molecule has 2 aliphatic rings. The molecule has 0 unspecified atom stereocenters. The van der Waals surface area contributed by atoms with Gasteiger partial charge in [0.05, 0.1) is 49.1 Å². The molecule has 42 heavy (non-hydrogen) atoms. The quantitative estimate of drug-likeness (QED) is 0.446. The molecule has 3 aromatic rings. The first kappa shape index (κ1) is 29.0. The molecule has 13 heteroatoms. The minimum Gasteiger partial charge on any atom is -0.474 e. The van der Waals surface area contributed by atoms with Crippen LogP contribution in [0.3, 0.4) is 0 Å². The number of hydrogen-bond donors (Lipinski definition) is 2. The number of pyridine rings is 2. The lowest BCUT2D eigenvalue weighted by atomic mass is 10.0. The highest BCUT2D eigenvalue weighted by atomic mass is 16.6. The number of fused-ring (bicyclic) bond motifs is 2. The van der Waals surface area contributed by atoms with Gasteiger partial charge in [-0.05, 0) is 65.9 Å². The minimum absolute atomic E-state index is 0.134. The van der Waals surface area contributed by atoms with Crippen LogP contribution in [0.1, 0.15) is 37.6 Å². The zero-order valence-electron chi connectivity index (χ0n) is 24.9. The van der Waals surface area contributed by atoms with Gasteiger partial charge in [-0.1, -0.05) is 0 Å². The van der Waals surface area contributed by atoms with Gasteiger partial charge in [0.1, 0.15) is 23.7 Å². The molecule has 0 atom stereocenters. The summed E-state index contributed by atoms with van der Waals surface area (Å²) in [7, 11) is 3.66. The topological polar surface area (TPSA) is 138 Å². The molecule has 0 fully saturated rings. The molecule has 5 rings (SSSR count). The van der Waals surface area contributed by atoms with Crippen molar-refractivity contribution < 1.29 is 19.1 Å². The summed E-state index contributed by atoms with van der Waals surface area (Å²) in [5, 5.41) is 5.97. The number of aromatic nitrogens is 4. The second kappa shape index (κ2) is 11.8. The largest absolute Gasteiger partial charge is 0.474 e. The smallest absolute Gasteiger partial charge is 0.415 e. The van der Waals surface area contributed by atoms with Gasteiger partial charge in [-0.2, -0.15) is 0 Å². The fourth-order valence-corrected chi connectivity index (χ4v) is 4.86. The lowest BCUT2D eigenvalue weighted by Crippen LogP contribution is -2.42. The summed E-state index contributed by atoms with van der Waals surface area (Å²) < 4.78 is 11.5. The molecular formula is C29H37N9O4. The van der Waals surface area contributed by atoms with Crippen LogP contribution in [0.15, 0.2) is 30.7 Å². The molecule has 0 saturated carbocycles. The Hall–Kier alpha value is -4.52. The number of rotatable bonds is 6. The van der Waals surface area contributed by atoms with E-state index in [2.05, 4.69) is 30.5 Å². The predicted octanol–water partition coefficient (Wildman–Crippen LogP) is 3.52. The lowest BCUT2D eigenvalue weighted by Gasteiger charge is -2.35. The lowest BCUT2D eigenvalue weighted by molar-refractivity contribution is -0.116. The van der Waals surface area contributed by atoms with Crippen molar-refractivity contribution in [2.45, 2.75) is 46.3 Å². The van der Waals surface area contributed by atoms with Crippen LogP contribution in [0.2, 0.25) is 0 Å². The van der Waals surface area contributed by atoms with Crippen molar-refractivity contribution in [3.8, 4) is 5.88 Å². The third kappa shape index (κ3) is 6.68. The van der Waals surface area contributed by atoms with Crippen LogP contribution in [0.25, 0.3) is 0 Å². The van der Waals surface area contributed by atoms with Gasteiger partial charge in [0.2, 0.25) is 17.7 Å². The van der Waals surface area contributed by atoms with Crippen molar-refractivity contribution in [1.82, 2.24) is 24.8 Å². The number of amides is 2. The Kier molecular flexibility index (Phi) is 8.12. The van der Waals surface area contributed by atoms with Gasteiger partial charge in [0.25, 0.3) is 0 Å². The molecule has 0 spiro atoms. The fourth-order valence-electron chi connectivity index (χ4n) is 4.86. The average molecular weight is 576 g/mol. The van der Waals surface area contributed by atoms with Crippen LogP contribution >= 0.6 is 0 Å². The maximum Gasteiger partial charge on any atom is 0.415 e. The number of ether oxygens (including phenoxy) is 2. The van der Waals surface area contributed by atoms with Gasteiger partial charge >= 0.3 is 6.09 Å². The Morgan fingerprint density at radius 3 is 2.62 bits per heavy atom. The number of hydrogen-bond acceptors (Lipinski definition) is 11. The Morgan fingerprint density at radius 1 is 1.10 bits per heavy atom. The zero-order chi connectivity index (χ0) is 30.0. The predicted molar refractivity (Wildman–Crippen MR) is 160 cm³/mol. The van der Waals surface area contributed by atoms with Crippen molar-refractivity contribution in [1.29, 1.82) is 0 Å². The Labute approximate surface area is 245 Å². The summed E-state index contributed by atoms with van der Waals surface area (Å²) in [5.74, 6) is 1.22. The molecule has 13 nitrogen and oxygen atoms in total. The van der Waals surface area contributed by atoms with Crippen molar-refractivity contribution in [3.63, 3.8) is 0 Å². The number of likely N-dealkylation sites (N-methyl/N-ethyl adjacent to an activating group) is 1. The summed E-state index contributed by atoms with van der Waals surface area (Å²) in [6.45, 7) is 9.84. The first-order valence-electron chi connectivity index (χ1n) is 13.9. The van der Waals surface area contributed by atoms with E-state index in [1.165, 1.54) is 0 Å². The normalized spacial score (nSPS) is 14.5. The van der Waals surface area contributed by atoms with Crippen molar-refractivity contribution >= 4 is 40.8 Å². The molecule has 5 heterocycles. The van der Waals surface area contributed by atoms with E-state index in [-0.39, 0.29) is 12.5 Å². The van der Waals surface area contributed by atoms with Gasteiger partial charge in [-0.3, -0.25) is 9.69 Å². The molecule has 0 saturated heterocycles. The number of nitrogens with zero attached hydrogens (tertiary/aromatic N) is 7. The van der Waals surface area contributed by atoms with Crippen molar-refractivity contribution in [2.75, 3.05) is 60.8 Å². The molecule has 3 aromatic heterocycles. The minimum atomic E-state index is -0.615. The van der Waals surface area contributed by atoms with E-state index < -0.39 is 11.7 Å². The van der Waals surface area contributed by atoms with E-state index >= 15 is 0 Å². The number of nitrogens with one attached hydrogen (secondary N) is 2. The Bertz CT molecular complexity index is 1470. The number of carbonyl (C=O) groups excluding carboxylic acids is 2. The van der Waals surface area contributed by atoms with Gasteiger partial charge in [-0.25, -0.2) is 24.7 Å². The summed E-state index contributed by atoms with van der Waals surface area (Å²) in [4.78, 5) is 48.8. The van der Waals surface area contributed by atoms with Gasteiger partial charge in [0, 0.05) is 18.3 Å². The first-order chi connectivity index (χ1) is 20.0. The molecule has 0 radical (unpaired) electrons. The maximum absolute atomic E-state index is 13.0. The molecule has 0 aromatic carbocycles. The second-order valence-corrected chi connectivity index (χ2v) is 11.6. The van der Waals surface area contributed by atoms with Crippen molar-refractivity contribution in [2.24, 2.45) is 0 Å². The van der Waals surface area contributed by atoms with E-state index in [1.807, 2.05) is 54.1 Å². The molecule has 0 aliphatic carbocycles. The van der Waals surface area contributed by atoms with Crippen LogP contribution in [-0.2, 0) is 22.5 Å². The SMILES string of the molecule is Cc1c(N2CCc3cnc(Nc4ccc(NC(=O)CN(C)C)nc4)nc3C2)cnc2c1N(C(=O)OC(C)(C)C)CCO2. The molecule has 2 aliphatic heterocycles. The molecule has 222 valence electrons. The summed E-state index contributed by atoms with van der Waals surface area (Å²) in [6.07, 6.45) is 5.62. The summed E-state index contributed by atoms with van der Waals surface area (Å²) >= 11 is 0. The molecule has 2 amide bonds. The number of carbonyl (C=O) groups is 2. The van der Waals surface area contributed by atoms with Gasteiger partial charge in [0.15, 0.2) is 0 Å². The molecule has 2 N–H and O–H groups in total. The van der Waals surface area contributed by atoms with Crippen molar-refractivity contribution in [3.05, 3.63) is 47.5 Å². The van der Waals surface area contributed by atoms with E-state index in [1.54, 1.807) is 28.3 Å². The Balaban J connectivity index is 1.31. The Morgan fingerprint density at radius 2 is 1.90 bits per heavy atom. The van der Waals surface area contributed by atoms with E-state index in [0.29, 0.717) is 48.7 Å². The maximum atomic E-state index is 13.0. The monoisotopic (exact) mass is 575 g/mol. The van der Waals surface area contributed by atoms with Crippen LogP contribution in [0.5, 0.6) is 5.88 Å². The van der Waals surface area contributed by atoms with Gasteiger partial charge < -0.3 is 29.9 Å². The van der Waals surface area contributed by atoms with Crippen LogP contribution < -0.4 is 25.2 Å². The van der Waals surface area contributed by atoms with E-state index in [4.69, 9.17) is 14.5 Å². The van der Waals surface area contributed by atoms with Gasteiger partial charge in [-0.15, -0.1) is 0 Å².